The van der Waals surface area contributed by atoms with Gasteiger partial charge in [0.1, 0.15) is 12.4 Å². The zero-order valence-electron chi connectivity index (χ0n) is 14.1. The maximum atomic E-state index is 13.1. The van der Waals surface area contributed by atoms with Gasteiger partial charge in [0, 0.05) is 18.3 Å². The normalized spacial score (nSPS) is 20.0. The summed E-state index contributed by atoms with van der Waals surface area (Å²) in [6.45, 7) is 0.317. The number of nitriles is 1. The molecule has 1 fully saturated rings. The molecule has 1 heterocycles. The minimum atomic E-state index is -4.23. The predicted molar refractivity (Wildman–Crippen MR) is 92.7 cm³/mol. The average molecular weight is 360 g/mol. The van der Waals surface area contributed by atoms with Gasteiger partial charge in [-0.2, -0.15) is 18.4 Å². The topological polar surface area (TPSA) is 36.3 Å². The van der Waals surface area contributed by atoms with Crippen molar-refractivity contribution in [2.45, 2.75) is 31.7 Å². The van der Waals surface area contributed by atoms with Gasteiger partial charge in [-0.1, -0.05) is 30.3 Å². The van der Waals surface area contributed by atoms with E-state index in [1.807, 2.05) is 36.4 Å². The van der Waals surface area contributed by atoms with Gasteiger partial charge in [-0.3, -0.25) is 0 Å². The Kier molecular flexibility index (Phi) is 5.36. The molecule has 0 amide bonds. The van der Waals surface area contributed by atoms with Crippen LogP contribution >= 0.6 is 0 Å². The zero-order chi connectivity index (χ0) is 18.6. The van der Waals surface area contributed by atoms with E-state index in [1.165, 1.54) is 0 Å². The number of alkyl halides is 3. The smallest absolute Gasteiger partial charge is 0.393 e. The highest BCUT2D eigenvalue weighted by molar-refractivity contribution is 5.51. The Morgan fingerprint density at radius 3 is 2.38 bits per heavy atom. The number of ether oxygens (including phenoxy) is 1. The second-order valence-corrected chi connectivity index (χ2v) is 6.41. The Morgan fingerprint density at radius 2 is 1.77 bits per heavy atom. The van der Waals surface area contributed by atoms with Gasteiger partial charge in [0.25, 0.3) is 0 Å². The summed E-state index contributed by atoms with van der Waals surface area (Å²) in [7, 11) is 0. The molecule has 0 N–H and O–H groups in total. The molecule has 2 aromatic rings. The van der Waals surface area contributed by atoms with Crippen molar-refractivity contribution in [2.75, 3.05) is 11.4 Å². The van der Waals surface area contributed by atoms with Crippen LogP contribution in [0.25, 0.3) is 0 Å². The first-order valence-corrected chi connectivity index (χ1v) is 8.44. The highest BCUT2D eigenvalue weighted by Crippen LogP contribution is 2.39. The van der Waals surface area contributed by atoms with Crippen LogP contribution in [0.15, 0.2) is 54.6 Å². The van der Waals surface area contributed by atoms with E-state index >= 15 is 0 Å². The van der Waals surface area contributed by atoms with Gasteiger partial charge in [-0.15, -0.1) is 0 Å². The van der Waals surface area contributed by atoms with Crippen molar-refractivity contribution >= 4 is 5.69 Å². The first-order chi connectivity index (χ1) is 12.5. The van der Waals surface area contributed by atoms with E-state index in [9.17, 15) is 13.2 Å². The Balaban J connectivity index is 1.67. The molecule has 0 aromatic heterocycles. The largest absolute Gasteiger partial charge is 0.489 e. The summed E-state index contributed by atoms with van der Waals surface area (Å²) in [6, 6.07) is 18.3. The molecule has 0 saturated carbocycles. The maximum absolute atomic E-state index is 13.1. The molecule has 1 aliphatic heterocycles. The van der Waals surface area contributed by atoms with E-state index in [0.717, 1.165) is 5.56 Å². The van der Waals surface area contributed by atoms with Crippen LogP contribution in [0.4, 0.5) is 18.9 Å². The number of benzene rings is 2. The Hall–Kier alpha value is -2.68. The van der Waals surface area contributed by atoms with Crippen LogP contribution in [-0.4, -0.2) is 18.8 Å². The van der Waals surface area contributed by atoms with E-state index < -0.39 is 18.1 Å². The van der Waals surface area contributed by atoms with Crippen LogP contribution in [0.1, 0.15) is 18.4 Å². The Morgan fingerprint density at radius 1 is 1.08 bits per heavy atom. The summed E-state index contributed by atoms with van der Waals surface area (Å²) in [4.78, 5) is 1.68. The predicted octanol–water partition coefficient (Wildman–Crippen LogP) is 4.94. The highest BCUT2D eigenvalue weighted by Gasteiger charge is 2.47. The fraction of sp³-hybridized carbons (Fsp3) is 0.350. The van der Waals surface area contributed by atoms with Crippen LogP contribution in [-0.2, 0) is 6.61 Å². The number of anilines is 1. The number of rotatable bonds is 5. The van der Waals surface area contributed by atoms with E-state index in [4.69, 9.17) is 10.00 Å². The molecule has 0 bridgehead atoms. The van der Waals surface area contributed by atoms with Crippen molar-refractivity contribution in [3.8, 4) is 11.8 Å². The molecule has 136 valence electrons. The minimum Gasteiger partial charge on any atom is -0.489 e. The van der Waals surface area contributed by atoms with E-state index in [0.29, 0.717) is 18.0 Å². The quantitative estimate of drug-likeness (QED) is 0.758. The molecular formula is C20H19F3N2O. The summed E-state index contributed by atoms with van der Waals surface area (Å²) in [5.41, 5.74) is 1.72. The molecule has 26 heavy (non-hydrogen) atoms. The van der Waals surface area contributed by atoms with Gasteiger partial charge in [0.05, 0.1) is 18.4 Å². The van der Waals surface area contributed by atoms with Crippen molar-refractivity contribution in [3.05, 3.63) is 60.2 Å². The number of nitrogens with zero attached hydrogens (tertiary/aromatic N) is 2. The fourth-order valence-electron chi connectivity index (χ4n) is 3.24. The fourth-order valence-corrected chi connectivity index (χ4v) is 3.24. The molecule has 0 aliphatic carbocycles. The van der Waals surface area contributed by atoms with Crippen molar-refractivity contribution in [3.63, 3.8) is 0 Å². The van der Waals surface area contributed by atoms with Gasteiger partial charge in [0.15, 0.2) is 0 Å². The zero-order valence-corrected chi connectivity index (χ0v) is 14.1. The van der Waals surface area contributed by atoms with Crippen LogP contribution in [0, 0.1) is 17.2 Å². The van der Waals surface area contributed by atoms with Crippen LogP contribution < -0.4 is 9.64 Å². The van der Waals surface area contributed by atoms with Crippen LogP contribution in [0.5, 0.6) is 5.75 Å². The standard InChI is InChI=1S/C20H19F3N2O/c21-20(22,23)16-12-18(10-11-24)25(13-16)17-6-8-19(9-7-17)26-14-15-4-2-1-3-5-15/h1-9,16,18H,10,12-14H2/t16-,18+/m1/s1. The first-order valence-electron chi connectivity index (χ1n) is 8.44. The van der Waals surface area contributed by atoms with Gasteiger partial charge in [-0.25, -0.2) is 0 Å². The monoisotopic (exact) mass is 360 g/mol. The van der Waals surface area contributed by atoms with Gasteiger partial charge < -0.3 is 9.64 Å². The molecule has 3 rings (SSSR count). The van der Waals surface area contributed by atoms with Gasteiger partial charge in [0.2, 0.25) is 0 Å². The third-order valence-corrected chi connectivity index (χ3v) is 4.62. The molecule has 0 spiro atoms. The highest BCUT2D eigenvalue weighted by atomic mass is 19.4. The number of hydrogen-bond donors (Lipinski definition) is 0. The number of halogens is 3. The van der Waals surface area contributed by atoms with Crippen molar-refractivity contribution in [2.24, 2.45) is 5.92 Å². The van der Waals surface area contributed by atoms with Crippen LogP contribution in [0.3, 0.4) is 0 Å². The Bertz CT molecular complexity index is 753. The molecule has 6 heteroatoms. The second kappa shape index (κ2) is 7.69. The molecule has 0 radical (unpaired) electrons. The molecular weight excluding hydrogens is 341 g/mol. The first kappa shape index (κ1) is 18.1. The number of hydrogen-bond acceptors (Lipinski definition) is 3. The molecule has 3 nitrogen and oxygen atoms in total. The lowest BCUT2D eigenvalue weighted by molar-refractivity contribution is -0.168. The van der Waals surface area contributed by atoms with Crippen molar-refractivity contribution < 1.29 is 17.9 Å². The molecule has 2 aromatic carbocycles. The lowest BCUT2D eigenvalue weighted by atomic mass is 10.0. The van der Waals surface area contributed by atoms with Crippen molar-refractivity contribution in [1.29, 1.82) is 5.26 Å². The third-order valence-electron chi connectivity index (χ3n) is 4.62. The molecule has 1 saturated heterocycles. The summed E-state index contributed by atoms with van der Waals surface area (Å²) in [5, 5.41) is 8.92. The van der Waals surface area contributed by atoms with E-state index in [-0.39, 0.29) is 19.4 Å². The van der Waals surface area contributed by atoms with Crippen LogP contribution in [0.2, 0.25) is 0 Å². The Labute approximate surface area is 150 Å². The summed E-state index contributed by atoms with van der Waals surface area (Å²) in [6.07, 6.45) is -4.19. The summed E-state index contributed by atoms with van der Waals surface area (Å²) < 4.78 is 44.9. The maximum Gasteiger partial charge on any atom is 0.393 e. The van der Waals surface area contributed by atoms with Gasteiger partial charge in [-0.05, 0) is 36.2 Å². The molecule has 1 aliphatic rings. The minimum absolute atomic E-state index is 0.0384. The summed E-state index contributed by atoms with van der Waals surface area (Å²) in [5.74, 6) is -0.740. The SMILES string of the molecule is N#CC[C@H]1C[C@@H](C(F)(F)F)CN1c1ccc(OCc2ccccc2)cc1. The van der Waals surface area contributed by atoms with E-state index in [2.05, 4.69) is 0 Å². The van der Waals surface area contributed by atoms with Gasteiger partial charge >= 0.3 is 6.18 Å². The van der Waals surface area contributed by atoms with E-state index in [1.54, 1.807) is 29.2 Å². The van der Waals surface area contributed by atoms with Crippen molar-refractivity contribution in [1.82, 2.24) is 0 Å². The third kappa shape index (κ3) is 4.29. The summed E-state index contributed by atoms with van der Waals surface area (Å²) >= 11 is 0. The lowest BCUT2D eigenvalue weighted by Crippen LogP contribution is -2.30. The molecule has 0 unspecified atom stereocenters. The average Bonchev–Trinajstić information content (AvgIpc) is 3.06. The lowest BCUT2D eigenvalue weighted by Gasteiger charge is -2.25. The molecule has 2 atom stereocenters. The second-order valence-electron chi connectivity index (χ2n) is 6.41.